The second-order valence-corrected chi connectivity index (χ2v) is 9.95. The van der Waals surface area contributed by atoms with Gasteiger partial charge in [-0.2, -0.15) is 0 Å². The fourth-order valence-electron chi connectivity index (χ4n) is 5.51. The number of aliphatic hydroxyl groups is 1. The van der Waals surface area contributed by atoms with E-state index < -0.39 is 29.6 Å². The molecule has 3 N–H and O–H groups in total. The van der Waals surface area contributed by atoms with Crippen LogP contribution in [0.3, 0.4) is 0 Å². The van der Waals surface area contributed by atoms with Gasteiger partial charge in [-0.25, -0.2) is 0 Å². The minimum Gasteiger partial charge on any atom is -0.395 e. The predicted octanol–water partition coefficient (Wildman–Crippen LogP) is 1.67. The van der Waals surface area contributed by atoms with Crippen molar-refractivity contribution in [2.45, 2.75) is 55.2 Å². The maximum Gasteiger partial charge on any atom is 0.245 e. The summed E-state index contributed by atoms with van der Waals surface area (Å²) in [6.45, 7) is 2.37. The van der Waals surface area contributed by atoms with E-state index in [0.717, 1.165) is 19.3 Å². The molecule has 3 aliphatic rings. The first-order chi connectivity index (χ1) is 15.4. The Morgan fingerprint density at radius 1 is 1.25 bits per heavy atom. The number of fused-ring (bicyclic) bond motifs is 1. The van der Waals surface area contributed by atoms with E-state index in [2.05, 4.69) is 33.5 Å². The number of nitrogens with one attached hydrogen (secondary N) is 2. The summed E-state index contributed by atoms with van der Waals surface area (Å²) >= 11 is 3.63. The van der Waals surface area contributed by atoms with E-state index in [4.69, 9.17) is 4.74 Å². The number of carbonyl (C=O) groups is 3. The zero-order chi connectivity index (χ0) is 22.9. The minimum atomic E-state index is -1.08. The van der Waals surface area contributed by atoms with E-state index in [9.17, 15) is 19.5 Å². The molecular weight excluding hydrogens is 478 g/mol. The third-order valence-corrected chi connectivity index (χ3v) is 7.65. The molecule has 9 heteroatoms. The van der Waals surface area contributed by atoms with Gasteiger partial charge in [0.05, 0.1) is 24.5 Å². The molecule has 0 aliphatic carbocycles. The number of unbranched alkanes of at least 4 members (excludes halogenated alkanes) is 2. The summed E-state index contributed by atoms with van der Waals surface area (Å²) in [5.74, 6) is -2.36. The van der Waals surface area contributed by atoms with Crippen LogP contribution in [-0.4, -0.2) is 70.0 Å². The number of carbonyl (C=O) groups excluding carboxylic acids is 3. The average Bonchev–Trinajstić information content (AvgIpc) is 3.36. The van der Waals surface area contributed by atoms with Crippen molar-refractivity contribution in [2.24, 2.45) is 11.8 Å². The highest BCUT2D eigenvalue weighted by Gasteiger charge is 2.76. The van der Waals surface area contributed by atoms with Crippen LogP contribution in [0.1, 0.15) is 32.6 Å². The van der Waals surface area contributed by atoms with Crippen LogP contribution in [0.5, 0.6) is 0 Å². The molecule has 1 spiro atoms. The Bertz CT molecular complexity index is 868. The Labute approximate surface area is 196 Å². The van der Waals surface area contributed by atoms with Gasteiger partial charge in [0, 0.05) is 23.6 Å². The largest absolute Gasteiger partial charge is 0.395 e. The zero-order valence-corrected chi connectivity index (χ0v) is 19.7. The lowest BCUT2D eigenvalue weighted by molar-refractivity contribution is -0.141. The molecule has 0 aromatic heterocycles. The molecule has 1 aromatic rings. The average molecular weight is 508 g/mol. The Hall–Kier alpha value is -1.97. The van der Waals surface area contributed by atoms with Crippen molar-refractivity contribution in [2.75, 3.05) is 25.0 Å². The number of ether oxygens (including phenoxy) is 1. The van der Waals surface area contributed by atoms with Gasteiger partial charge < -0.3 is 25.4 Å². The van der Waals surface area contributed by atoms with E-state index >= 15 is 0 Å². The predicted molar refractivity (Wildman–Crippen MR) is 122 cm³/mol. The molecule has 1 aromatic carbocycles. The highest BCUT2D eigenvalue weighted by Crippen LogP contribution is 2.60. The number of nitrogens with zero attached hydrogens (tertiary/aromatic N) is 1. The van der Waals surface area contributed by atoms with Crippen molar-refractivity contribution in [1.82, 2.24) is 10.2 Å². The van der Waals surface area contributed by atoms with Crippen LogP contribution in [-0.2, 0) is 19.1 Å². The van der Waals surface area contributed by atoms with Crippen molar-refractivity contribution in [3.05, 3.63) is 30.3 Å². The number of anilines is 1. The van der Waals surface area contributed by atoms with Gasteiger partial charge in [0.25, 0.3) is 0 Å². The van der Waals surface area contributed by atoms with Crippen molar-refractivity contribution in [3.63, 3.8) is 0 Å². The second-order valence-electron chi connectivity index (χ2n) is 8.77. The van der Waals surface area contributed by atoms with Crippen molar-refractivity contribution in [1.29, 1.82) is 0 Å². The summed E-state index contributed by atoms with van der Waals surface area (Å²) < 4.78 is 6.36. The van der Waals surface area contributed by atoms with E-state index in [0.29, 0.717) is 18.7 Å². The number of halogens is 1. The lowest BCUT2D eigenvalue weighted by Crippen LogP contribution is -2.56. The number of amides is 3. The van der Waals surface area contributed by atoms with Gasteiger partial charge in [-0.05, 0) is 25.0 Å². The van der Waals surface area contributed by atoms with Crippen LogP contribution in [0.15, 0.2) is 30.3 Å². The van der Waals surface area contributed by atoms with Gasteiger partial charge in [0.1, 0.15) is 11.6 Å². The third-order valence-electron chi connectivity index (χ3n) is 6.80. The first-order valence-electron chi connectivity index (χ1n) is 11.3. The first-order valence-corrected chi connectivity index (χ1v) is 12.2. The molecule has 0 saturated carbocycles. The van der Waals surface area contributed by atoms with E-state index in [-0.39, 0.29) is 35.7 Å². The Kier molecular flexibility index (Phi) is 6.88. The zero-order valence-electron chi connectivity index (χ0n) is 18.1. The van der Waals surface area contributed by atoms with Crippen LogP contribution in [0.25, 0.3) is 0 Å². The molecule has 4 rings (SSSR count). The fourth-order valence-corrected chi connectivity index (χ4v) is 6.45. The molecule has 6 atom stereocenters. The summed E-state index contributed by atoms with van der Waals surface area (Å²) in [6.07, 6.45) is 2.85. The molecular formula is C23H30BrN3O5. The molecule has 3 fully saturated rings. The number of alkyl halides is 1. The SMILES string of the molecule is CCCCCNC(=O)C1N(CCO)C(=O)[C@@H]2[C@H](C(=O)Nc3ccccc3)[C@H]3OC12CC3Br. The highest BCUT2D eigenvalue weighted by atomic mass is 79.9. The Morgan fingerprint density at radius 3 is 2.69 bits per heavy atom. The normalized spacial score (nSPS) is 32.8. The number of aliphatic hydroxyl groups excluding tert-OH is 1. The summed E-state index contributed by atoms with van der Waals surface area (Å²) in [6, 6.07) is 8.21. The number of hydrogen-bond donors (Lipinski definition) is 3. The molecule has 3 aliphatic heterocycles. The van der Waals surface area contributed by atoms with E-state index in [1.165, 1.54) is 4.90 Å². The van der Waals surface area contributed by atoms with Crippen molar-refractivity contribution < 1.29 is 24.2 Å². The topological polar surface area (TPSA) is 108 Å². The van der Waals surface area contributed by atoms with Crippen LogP contribution in [0.4, 0.5) is 5.69 Å². The Balaban J connectivity index is 1.61. The van der Waals surface area contributed by atoms with Gasteiger partial charge in [-0.1, -0.05) is 53.9 Å². The van der Waals surface area contributed by atoms with E-state index in [1.807, 2.05) is 18.2 Å². The number of benzene rings is 1. The molecule has 3 heterocycles. The monoisotopic (exact) mass is 507 g/mol. The fraction of sp³-hybridized carbons (Fsp3) is 0.609. The molecule has 3 unspecified atom stereocenters. The van der Waals surface area contributed by atoms with Crippen LogP contribution < -0.4 is 10.6 Å². The Morgan fingerprint density at radius 2 is 2.00 bits per heavy atom. The number of hydrogen-bond acceptors (Lipinski definition) is 5. The number of β-amino-alcohol motifs (C(OH)–C–C–N with tert-alkyl or cyclic N) is 1. The standard InChI is InChI=1S/C23H30BrN3O5/c1-2-3-7-10-25-21(30)19-23-13-15(24)18(32-23)16(17(23)22(31)27(19)11-12-28)20(29)26-14-8-5-4-6-9-14/h4-6,8-9,15-19,28H,2-3,7,10-13H2,1H3,(H,25,30)(H,26,29)/t15?,16-,17-,18-,19?,23?/m0/s1. The van der Waals surface area contributed by atoms with Crippen LogP contribution in [0, 0.1) is 11.8 Å². The maximum atomic E-state index is 13.5. The molecule has 3 amide bonds. The van der Waals surface area contributed by atoms with Crippen LogP contribution >= 0.6 is 15.9 Å². The maximum absolute atomic E-state index is 13.5. The molecule has 32 heavy (non-hydrogen) atoms. The minimum absolute atomic E-state index is 0.0259. The number of para-hydroxylation sites is 1. The van der Waals surface area contributed by atoms with Gasteiger partial charge in [-0.15, -0.1) is 0 Å². The summed E-state index contributed by atoms with van der Waals surface area (Å²) in [5, 5.41) is 15.4. The van der Waals surface area contributed by atoms with Gasteiger partial charge >= 0.3 is 0 Å². The number of rotatable bonds is 9. The summed E-state index contributed by atoms with van der Waals surface area (Å²) in [5.41, 5.74) is -0.443. The summed E-state index contributed by atoms with van der Waals surface area (Å²) in [4.78, 5) is 41.3. The summed E-state index contributed by atoms with van der Waals surface area (Å²) in [7, 11) is 0. The highest BCUT2D eigenvalue weighted by molar-refractivity contribution is 9.09. The quantitative estimate of drug-likeness (QED) is 0.348. The van der Waals surface area contributed by atoms with Gasteiger partial charge in [0.2, 0.25) is 17.7 Å². The molecule has 174 valence electrons. The van der Waals surface area contributed by atoms with Crippen molar-refractivity contribution >= 4 is 39.3 Å². The van der Waals surface area contributed by atoms with E-state index in [1.54, 1.807) is 12.1 Å². The molecule has 3 saturated heterocycles. The van der Waals surface area contributed by atoms with Gasteiger partial charge in [-0.3, -0.25) is 14.4 Å². The smallest absolute Gasteiger partial charge is 0.245 e. The van der Waals surface area contributed by atoms with Crippen molar-refractivity contribution in [3.8, 4) is 0 Å². The lowest BCUT2D eigenvalue weighted by atomic mass is 9.70. The van der Waals surface area contributed by atoms with Crippen LogP contribution in [0.2, 0.25) is 0 Å². The second kappa shape index (κ2) is 9.49. The van der Waals surface area contributed by atoms with Gasteiger partial charge in [0.15, 0.2) is 0 Å². The number of likely N-dealkylation sites (tertiary alicyclic amines) is 1. The molecule has 0 radical (unpaired) electrons. The third kappa shape index (κ3) is 3.84. The first kappa shape index (κ1) is 23.2. The lowest BCUT2D eigenvalue weighted by Gasteiger charge is -2.34. The molecule has 8 nitrogen and oxygen atoms in total. The molecule has 2 bridgehead atoms.